The van der Waals surface area contributed by atoms with Crippen molar-refractivity contribution in [2.45, 2.75) is 6.54 Å². The maximum atomic E-state index is 12.0. The Bertz CT molecular complexity index is 940. The summed E-state index contributed by atoms with van der Waals surface area (Å²) in [6.07, 6.45) is 5.02. The van der Waals surface area contributed by atoms with E-state index in [2.05, 4.69) is 20.3 Å². The zero-order chi connectivity index (χ0) is 15.6. The van der Waals surface area contributed by atoms with E-state index in [1.54, 1.807) is 34.6 Å². The fourth-order valence-electron chi connectivity index (χ4n) is 2.36. The fraction of sp³-hybridized carbons (Fsp3) is 0.0625. The van der Waals surface area contributed by atoms with Crippen molar-refractivity contribution >= 4 is 34.0 Å². The van der Waals surface area contributed by atoms with Crippen LogP contribution in [-0.2, 0) is 11.3 Å². The molecule has 0 aliphatic heterocycles. The molecular formula is C16H13N5OS. The van der Waals surface area contributed by atoms with Crippen molar-refractivity contribution in [3.8, 4) is 10.7 Å². The Kier molecular flexibility index (Phi) is 3.39. The Hall–Kier alpha value is -2.93. The third kappa shape index (κ3) is 2.86. The number of hydrogen-bond acceptors (Lipinski definition) is 4. The van der Waals surface area contributed by atoms with Crippen LogP contribution >= 0.6 is 11.3 Å². The molecule has 0 fully saturated rings. The molecule has 4 rings (SSSR count). The van der Waals surface area contributed by atoms with Gasteiger partial charge in [0.05, 0.1) is 22.2 Å². The number of H-pyrrole nitrogens is 1. The van der Waals surface area contributed by atoms with Gasteiger partial charge in [0.2, 0.25) is 5.91 Å². The van der Waals surface area contributed by atoms with Crippen molar-refractivity contribution in [2.75, 3.05) is 5.32 Å². The number of aromatic nitrogens is 4. The molecule has 3 aromatic heterocycles. The highest BCUT2D eigenvalue weighted by molar-refractivity contribution is 7.13. The van der Waals surface area contributed by atoms with Crippen molar-refractivity contribution in [3.63, 3.8) is 0 Å². The van der Waals surface area contributed by atoms with E-state index in [4.69, 9.17) is 0 Å². The number of nitrogens with one attached hydrogen (secondary N) is 2. The van der Waals surface area contributed by atoms with Crippen LogP contribution < -0.4 is 5.32 Å². The van der Waals surface area contributed by atoms with Crippen LogP contribution in [-0.4, -0.2) is 25.4 Å². The van der Waals surface area contributed by atoms with Gasteiger partial charge in [-0.1, -0.05) is 6.07 Å². The number of hydrogen-bond donors (Lipinski definition) is 2. The molecule has 1 aromatic carbocycles. The van der Waals surface area contributed by atoms with Gasteiger partial charge in [0.15, 0.2) is 0 Å². The SMILES string of the molecule is O=C(Cn1ccnc1)Nc1ccc2nc(-c3cccs3)[nH]c2c1. The second-order valence-corrected chi connectivity index (χ2v) is 6.03. The second kappa shape index (κ2) is 5.69. The Morgan fingerprint density at radius 1 is 1.35 bits per heavy atom. The van der Waals surface area contributed by atoms with Gasteiger partial charge in [-0.2, -0.15) is 0 Å². The van der Waals surface area contributed by atoms with Crippen molar-refractivity contribution in [3.05, 3.63) is 54.4 Å². The average Bonchev–Trinajstić information content (AvgIpc) is 3.27. The molecule has 0 spiro atoms. The molecule has 23 heavy (non-hydrogen) atoms. The summed E-state index contributed by atoms with van der Waals surface area (Å²) in [5.41, 5.74) is 2.51. The highest BCUT2D eigenvalue weighted by atomic mass is 32.1. The monoisotopic (exact) mass is 323 g/mol. The molecule has 0 aliphatic carbocycles. The normalized spacial score (nSPS) is 11.0. The molecule has 0 saturated heterocycles. The summed E-state index contributed by atoms with van der Waals surface area (Å²) in [7, 11) is 0. The van der Waals surface area contributed by atoms with Gasteiger partial charge in [-0.05, 0) is 29.6 Å². The van der Waals surface area contributed by atoms with Gasteiger partial charge in [0.1, 0.15) is 12.4 Å². The van der Waals surface area contributed by atoms with Crippen LogP contribution in [0.2, 0.25) is 0 Å². The van der Waals surface area contributed by atoms with Gasteiger partial charge in [0.25, 0.3) is 0 Å². The fourth-order valence-corrected chi connectivity index (χ4v) is 3.03. The van der Waals surface area contributed by atoms with Crippen LogP contribution in [0.4, 0.5) is 5.69 Å². The number of fused-ring (bicyclic) bond motifs is 1. The molecule has 4 aromatic rings. The smallest absolute Gasteiger partial charge is 0.244 e. The molecule has 0 saturated carbocycles. The highest BCUT2D eigenvalue weighted by Crippen LogP contribution is 2.25. The number of carbonyl (C=O) groups excluding carboxylic acids is 1. The quantitative estimate of drug-likeness (QED) is 0.606. The number of benzene rings is 1. The maximum absolute atomic E-state index is 12.0. The van der Waals surface area contributed by atoms with E-state index < -0.39 is 0 Å². The van der Waals surface area contributed by atoms with E-state index in [1.807, 2.05) is 35.7 Å². The highest BCUT2D eigenvalue weighted by Gasteiger charge is 2.08. The second-order valence-electron chi connectivity index (χ2n) is 5.08. The van der Waals surface area contributed by atoms with E-state index in [-0.39, 0.29) is 12.5 Å². The molecule has 2 N–H and O–H groups in total. The zero-order valence-electron chi connectivity index (χ0n) is 12.1. The van der Waals surface area contributed by atoms with Crippen LogP contribution in [0, 0.1) is 0 Å². The van der Waals surface area contributed by atoms with Gasteiger partial charge in [-0.3, -0.25) is 4.79 Å². The third-order valence-electron chi connectivity index (χ3n) is 3.41. The number of nitrogens with zero attached hydrogens (tertiary/aromatic N) is 3. The molecule has 0 bridgehead atoms. The summed E-state index contributed by atoms with van der Waals surface area (Å²) in [4.78, 5) is 24.9. The molecule has 0 aliphatic rings. The van der Waals surface area contributed by atoms with E-state index >= 15 is 0 Å². The predicted octanol–water partition coefficient (Wildman–Crippen LogP) is 3.13. The standard InChI is InChI=1S/C16H13N5OS/c22-15(9-21-6-5-17-10-21)18-11-3-4-12-13(8-11)20-16(19-12)14-2-1-7-23-14/h1-8,10H,9H2,(H,18,22)(H,19,20). The summed E-state index contributed by atoms with van der Waals surface area (Å²) >= 11 is 1.64. The van der Waals surface area contributed by atoms with Crippen molar-refractivity contribution in [1.29, 1.82) is 0 Å². The average molecular weight is 323 g/mol. The number of carbonyl (C=O) groups is 1. The van der Waals surface area contributed by atoms with Crippen LogP contribution in [0.1, 0.15) is 0 Å². The maximum Gasteiger partial charge on any atom is 0.244 e. The lowest BCUT2D eigenvalue weighted by molar-refractivity contribution is -0.116. The summed E-state index contributed by atoms with van der Waals surface area (Å²) in [6, 6.07) is 9.67. The molecular weight excluding hydrogens is 310 g/mol. The number of aromatic amines is 1. The minimum Gasteiger partial charge on any atom is -0.337 e. The largest absolute Gasteiger partial charge is 0.337 e. The number of imidazole rings is 2. The summed E-state index contributed by atoms with van der Waals surface area (Å²) < 4.78 is 1.72. The summed E-state index contributed by atoms with van der Waals surface area (Å²) in [5.74, 6) is 0.747. The minimum atomic E-state index is -0.0969. The third-order valence-corrected chi connectivity index (χ3v) is 4.28. The van der Waals surface area contributed by atoms with Crippen LogP contribution in [0.3, 0.4) is 0 Å². The summed E-state index contributed by atoms with van der Waals surface area (Å²) in [5, 5.41) is 4.90. The number of thiophene rings is 1. The Morgan fingerprint density at radius 2 is 2.30 bits per heavy atom. The van der Waals surface area contributed by atoms with Crippen LogP contribution in [0.25, 0.3) is 21.7 Å². The van der Waals surface area contributed by atoms with E-state index in [1.165, 1.54) is 0 Å². The van der Waals surface area contributed by atoms with Crippen LogP contribution in [0.15, 0.2) is 54.4 Å². The predicted molar refractivity (Wildman–Crippen MR) is 90.3 cm³/mol. The molecule has 0 radical (unpaired) electrons. The Balaban J connectivity index is 1.55. The van der Waals surface area contributed by atoms with Gasteiger partial charge in [-0.15, -0.1) is 11.3 Å². The Morgan fingerprint density at radius 3 is 3.09 bits per heavy atom. The Labute approximate surface area is 135 Å². The van der Waals surface area contributed by atoms with Gasteiger partial charge in [-0.25, -0.2) is 9.97 Å². The molecule has 3 heterocycles. The van der Waals surface area contributed by atoms with Crippen LogP contribution in [0.5, 0.6) is 0 Å². The first-order chi connectivity index (χ1) is 11.3. The lowest BCUT2D eigenvalue weighted by Crippen LogP contribution is -2.17. The minimum absolute atomic E-state index is 0.0969. The van der Waals surface area contributed by atoms with E-state index in [0.29, 0.717) is 0 Å². The number of amides is 1. The summed E-state index contributed by atoms with van der Waals surface area (Å²) in [6.45, 7) is 0.238. The van der Waals surface area contributed by atoms with E-state index in [0.717, 1.165) is 27.4 Å². The van der Waals surface area contributed by atoms with Crippen molar-refractivity contribution in [1.82, 2.24) is 19.5 Å². The van der Waals surface area contributed by atoms with Crippen molar-refractivity contribution < 1.29 is 4.79 Å². The van der Waals surface area contributed by atoms with Gasteiger partial charge in [0, 0.05) is 18.1 Å². The molecule has 0 unspecified atom stereocenters. The van der Waals surface area contributed by atoms with Crippen molar-refractivity contribution in [2.24, 2.45) is 0 Å². The zero-order valence-corrected chi connectivity index (χ0v) is 12.9. The van der Waals surface area contributed by atoms with Gasteiger partial charge >= 0.3 is 0 Å². The first-order valence-corrected chi connectivity index (χ1v) is 7.95. The topological polar surface area (TPSA) is 75.6 Å². The van der Waals surface area contributed by atoms with E-state index in [9.17, 15) is 4.79 Å². The molecule has 114 valence electrons. The number of rotatable bonds is 4. The first kappa shape index (κ1) is 13.7. The molecule has 7 heteroatoms. The lowest BCUT2D eigenvalue weighted by atomic mass is 10.2. The molecule has 1 amide bonds. The first-order valence-electron chi connectivity index (χ1n) is 7.07. The molecule has 6 nitrogen and oxygen atoms in total. The number of anilines is 1. The van der Waals surface area contributed by atoms with Gasteiger partial charge < -0.3 is 14.9 Å². The molecule has 0 atom stereocenters. The lowest BCUT2D eigenvalue weighted by Gasteiger charge is -2.05.